The molecular formula is C22H14ClN3S. The minimum absolute atomic E-state index is 0.720. The SMILES string of the molecule is Clc1ccc(-c2csc(NN=C3c4ccccc4-c4ccccc43)n2)cc1. The van der Waals surface area contributed by atoms with Crippen molar-refractivity contribution in [2.75, 3.05) is 5.43 Å². The average molecular weight is 388 g/mol. The van der Waals surface area contributed by atoms with Gasteiger partial charge >= 0.3 is 0 Å². The highest BCUT2D eigenvalue weighted by Crippen LogP contribution is 2.36. The van der Waals surface area contributed by atoms with Crippen molar-refractivity contribution in [2.24, 2.45) is 5.10 Å². The highest BCUT2D eigenvalue weighted by molar-refractivity contribution is 7.14. The van der Waals surface area contributed by atoms with E-state index in [1.54, 1.807) is 0 Å². The number of fused-ring (bicyclic) bond motifs is 3. The van der Waals surface area contributed by atoms with Crippen LogP contribution in [0.3, 0.4) is 0 Å². The van der Waals surface area contributed by atoms with Crippen molar-refractivity contribution in [3.05, 3.63) is 94.3 Å². The number of rotatable bonds is 3. The van der Waals surface area contributed by atoms with E-state index in [0.29, 0.717) is 0 Å². The van der Waals surface area contributed by atoms with Crippen LogP contribution in [0.25, 0.3) is 22.4 Å². The third-order valence-corrected chi connectivity index (χ3v) is 5.56. The molecular weight excluding hydrogens is 374 g/mol. The van der Waals surface area contributed by atoms with E-state index in [2.05, 4.69) is 46.8 Å². The molecule has 0 saturated heterocycles. The summed E-state index contributed by atoms with van der Waals surface area (Å²) in [6.45, 7) is 0. The zero-order valence-electron chi connectivity index (χ0n) is 14.2. The number of nitrogens with one attached hydrogen (secondary N) is 1. The van der Waals surface area contributed by atoms with Crippen LogP contribution in [0, 0.1) is 0 Å². The second kappa shape index (κ2) is 6.65. The normalized spacial score (nSPS) is 11.8. The summed E-state index contributed by atoms with van der Waals surface area (Å²) in [5, 5.41) is 8.19. The number of hydrazone groups is 1. The van der Waals surface area contributed by atoms with Gasteiger partial charge in [-0.15, -0.1) is 11.3 Å². The van der Waals surface area contributed by atoms with Gasteiger partial charge in [-0.1, -0.05) is 72.3 Å². The first-order valence-electron chi connectivity index (χ1n) is 8.54. The number of anilines is 1. The number of hydrogen-bond acceptors (Lipinski definition) is 4. The Kier molecular flexibility index (Phi) is 4.00. The van der Waals surface area contributed by atoms with Crippen LogP contribution in [0.4, 0.5) is 5.13 Å². The molecule has 1 aromatic heterocycles. The van der Waals surface area contributed by atoms with Crippen molar-refractivity contribution in [1.29, 1.82) is 0 Å². The number of benzene rings is 3. The van der Waals surface area contributed by atoms with Crippen LogP contribution in [0.5, 0.6) is 0 Å². The highest BCUT2D eigenvalue weighted by atomic mass is 35.5. The van der Waals surface area contributed by atoms with E-state index in [9.17, 15) is 0 Å². The number of thiazole rings is 1. The summed E-state index contributed by atoms with van der Waals surface area (Å²) in [5.41, 5.74) is 10.7. The Morgan fingerprint density at radius 3 is 2.00 bits per heavy atom. The molecule has 1 aliphatic rings. The molecule has 0 unspecified atom stereocenters. The summed E-state index contributed by atoms with van der Waals surface area (Å²) in [6, 6.07) is 24.4. The lowest BCUT2D eigenvalue weighted by Gasteiger charge is -2.02. The van der Waals surface area contributed by atoms with E-state index in [1.165, 1.54) is 22.5 Å². The first-order valence-corrected chi connectivity index (χ1v) is 9.80. The Bertz CT molecular complexity index is 1110. The fourth-order valence-corrected chi connectivity index (χ4v) is 4.08. The van der Waals surface area contributed by atoms with Crippen LogP contribution in [-0.4, -0.2) is 10.7 Å². The first-order chi connectivity index (χ1) is 13.3. The maximum atomic E-state index is 5.96. The average Bonchev–Trinajstić information content (AvgIpc) is 3.30. The first kappa shape index (κ1) is 16.2. The van der Waals surface area contributed by atoms with Gasteiger partial charge in [-0.2, -0.15) is 5.10 Å². The molecule has 3 aromatic carbocycles. The van der Waals surface area contributed by atoms with Gasteiger partial charge in [0.15, 0.2) is 0 Å². The van der Waals surface area contributed by atoms with E-state index in [0.717, 1.165) is 38.3 Å². The van der Waals surface area contributed by atoms with Gasteiger partial charge in [-0.3, -0.25) is 5.43 Å². The van der Waals surface area contributed by atoms with Crippen molar-refractivity contribution < 1.29 is 0 Å². The van der Waals surface area contributed by atoms with Gasteiger partial charge in [-0.25, -0.2) is 4.98 Å². The maximum absolute atomic E-state index is 5.96. The molecule has 3 nitrogen and oxygen atoms in total. The maximum Gasteiger partial charge on any atom is 0.203 e. The third kappa shape index (κ3) is 2.93. The van der Waals surface area contributed by atoms with E-state index < -0.39 is 0 Å². The molecule has 0 aliphatic heterocycles. The molecule has 0 fully saturated rings. The number of halogens is 1. The predicted molar refractivity (Wildman–Crippen MR) is 114 cm³/mol. The lowest BCUT2D eigenvalue weighted by Crippen LogP contribution is -2.02. The summed E-state index contributed by atoms with van der Waals surface area (Å²) in [6.07, 6.45) is 0. The predicted octanol–water partition coefficient (Wildman–Crippen LogP) is 6.31. The van der Waals surface area contributed by atoms with Crippen LogP contribution in [0.1, 0.15) is 11.1 Å². The van der Waals surface area contributed by atoms with Crippen LogP contribution in [0.2, 0.25) is 5.02 Å². The van der Waals surface area contributed by atoms with Crippen LogP contribution in [-0.2, 0) is 0 Å². The lowest BCUT2D eigenvalue weighted by atomic mass is 10.1. The van der Waals surface area contributed by atoms with Gasteiger partial charge < -0.3 is 0 Å². The van der Waals surface area contributed by atoms with Gasteiger partial charge in [0, 0.05) is 27.1 Å². The van der Waals surface area contributed by atoms with Gasteiger partial charge in [0.25, 0.3) is 0 Å². The molecule has 0 amide bonds. The number of nitrogens with zero attached hydrogens (tertiary/aromatic N) is 2. The van der Waals surface area contributed by atoms with Crippen LogP contribution >= 0.6 is 22.9 Å². The molecule has 5 heteroatoms. The van der Waals surface area contributed by atoms with Crippen LogP contribution < -0.4 is 5.43 Å². The van der Waals surface area contributed by atoms with Gasteiger partial charge in [-0.05, 0) is 23.3 Å². The molecule has 1 aliphatic carbocycles. The van der Waals surface area contributed by atoms with Gasteiger partial charge in [0.1, 0.15) is 0 Å². The molecule has 0 saturated carbocycles. The van der Waals surface area contributed by atoms with Crippen molar-refractivity contribution in [3.8, 4) is 22.4 Å². The van der Waals surface area contributed by atoms with Crippen molar-refractivity contribution in [1.82, 2.24) is 4.98 Å². The second-order valence-corrected chi connectivity index (χ2v) is 7.50. The highest BCUT2D eigenvalue weighted by Gasteiger charge is 2.24. The summed E-state index contributed by atoms with van der Waals surface area (Å²) >= 11 is 7.49. The topological polar surface area (TPSA) is 37.3 Å². The van der Waals surface area contributed by atoms with E-state index in [-0.39, 0.29) is 0 Å². The van der Waals surface area contributed by atoms with E-state index in [4.69, 9.17) is 16.7 Å². The molecule has 0 atom stereocenters. The molecule has 27 heavy (non-hydrogen) atoms. The summed E-state index contributed by atoms with van der Waals surface area (Å²) in [7, 11) is 0. The Morgan fingerprint density at radius 1 is 0.778 bits per heavy atom. The lowest BCUT2D eigenvalue weighted by molar-refractivity contribution is 1.28. The molecule has 130 valence electrons. The Hall–Kier alpha value is -2.95. The van der Waals surface area contributed by atoms with Gasteiger partial charge in [0.05, 0.1) is 11.4 Å². The fourth-order valence-electron chi connectivity index (χ4n) is 3.30. The van der Waals surface area contributed by atoms with Crippen molar-refractivity contribution in [2.45, 2.75) is 0 Å². The summed E-state index contributed by atoms with van der Waals surface area (Å²) < 4.78 is 0. The fraction of sp³-hybridized carbons (Fsp3) is 0. The second-order valence-electron chi connectivity index (χ2n) is 6.21. The quantitative estimate of drug-likeness (QED) is 0.368. The third-order valence-electron chi connectivity index (χ3n) is 4.56. The molecule has 0 bridgehead atoms. The zero-order valence-corrected chi connectivity index (χ0v) is 15.8. The Morgan fingerprint density at radius 2 is 1.37 bits per heavy atom. The minimum atomic E-state index is 0.720. The number of hydrogen-bond donors (Lipinski definition) is 1. The van der Waals surface area contributed by atoms with Gasteiger partial charge in [0.2, 0.25) is 5.13 Å². The molecule has 0 spiro atoms. The number of aromatic nitrogens is 1. The summed E-state index contributed by atoms with van der Waals surface area (Å²) in [5.74, 6) is 0. The van der Waals surface area contributed by atoms with E-state index in [1.807, 2.05) is 41.8 Å². The zero-order chi connectivity index (χ0) is 18.2. The van der Waals surface area contributed by atoms with Crippen LogP contribution in [0.15, 0.2) is 83.3 Å². The van der Waals surface area contributed by atoms with E-state index >= 15 is 0 Å². The molecule has 1 N–H and O–H groups in total. The Balaban J connectivity index is 1.47. The monoisotopic (exact) mass is 387 g/mol. The summed E-state index contributed by atoms with van der Waals surface area (Å²) in [4.78, 5) is 4.64. The largest absolute Gasteiger partial charge is 0.252 e. The van der Waals surface area contributed by atoms with Crippen molar-refractivity contribution >= 4 is 33.8 Å². The minimum Gasteiger partial charge on any atom is -0.252 e. The molecule has 4 aromatic rings. The van der Waals surface area contributed by atoms with Crippen molar-refractivity contribution in [3.63, 3.8) is 0 Å². The smallest absolute Gasteiger partial charge is 0.203 e. The molecule has 5 rings (SSSR count). The standard InChI is InChI=1S/C22H14ClN3S/c23-15-11-9-14(10-12-15)20-13-27-22(24-20)26-25-21-18-7-3-1-5-16(18)17-6-2-4-8-19(17)21/h1-13H,(H,24,26). The molecule has 1 heterocycles. The Labute approximate surface area is 166 Å². The molecule has 0 radical (unpaired) electrons.